The molecule has 0 fully saturated rings. The first kappa shape index (κ1) is 10.9. The fourth-order valence-electron chi connectivity index (χ4n) is 1.18. The standard InChI is InChI=1S/C10H17N3O/c1-3-4-9(14)7-12-10-11-6-5-8(2)13-10/h5-6,9,14H,3-4,7H2,1-2H3,(H,11,12,13). The van der Waals surface area contributed by atoms with E-state index in [1.807, 2.05) is 19.9 Å². The van der Waals surface area contributed by atoms with Crippen LogP contribution in [0.5, 0.6) is 0 Å². The molecular weight excluding hydrogens is 178 g/mol. The minimum absolute atomic E-state index is 0.316. The summed E-state index contributed by atoms with van der Waals surface area (Å²) in [4.78, 5) is 8.21. The maximum atomic E-state index is 9.46. The van der Waals surface area contributed by atoms with Crippen LogP contribution in [0.25, 0.3) is 0 Å². The molecule has 0 saturated carbocycles. The van der Waals surface area contributed by atoms with E-state index in [2.05, 4.69) is 15.3 Å². The van der Waals surface area contributed by atoms with Crippen LogP contribution in [0.4, 0.5) is 5.95 Å². The van der Waals surface area contributed by atoms with E-state index >= 15 is 0 Å². The topological polar surface area (TPSA) is 58.0 Å². The average molecular weight is 195 g/mol. The van der Waals surface area contributed by atoms with Crippen LogP contribution < -0.4 is 5.32 Å². The van der Waals surface area contributed by atoms with Gasteiger partial charge < -0.3 is 10.4 Å². The summed E-state index contributed by atoms with van der Waals surface area (Å²) in [6.07, 6.45) is 3.18. The van der Waals surface area contributed by atoms with Gasteiger partial charge in [-0.3, -0.25) is 0 Å². The summed E-state index contributed by atoms with van der Waals surface area (Å²) < 4.78 is 0. The molecule has 1 rings (SSSR count). The van der Waals surface area contributed by atoms with Gasteiger partial charge in [-0.2, -0.15) is 0 Å². The van der Waals surface area contributed by atoms with E-state index in [4.69, 9.17) is 0 Å². The Hall–Kier alpha value is -1.16. The lowest BCUT2D eigenvalue weighted by molar-refractivity contribution is 0.176. The van der Waals surface area contributed by atoms with Gasteiger partial charge in [0.1, 0.15) is 0 Å². The Bertz CT molecular complexity index is 278. The number of aryl methyl sites for hydroxylation is 1. The Morgan fingerprint density at radius 2 is 2.36 bits per heavy atom. The number of anilines is 1. The molecule has 0 aromatic carbocycles. The van der Waals surface area contributed by atoms with E-state index in [0.29, 0.717) is 12.5 Å². The van der Waals surface area contributed by atoms with Crippen LogP contribution >= 0.6 is 0 Å². The zero-order valence-electron chi connectivity index (χ0n) is 8.70. The van der Waals surface area contributed by atoms with Crippen LogP contribution in [0.3, 0.4) is 0 Å². The number of nitrogens with one attached hydrogen (secondary N) is 1. The van der Waals surface area contributed by atoms with Gasteiger partial charge in [0.05, 0.1) is 6.10 Å². The normalized spacial score (nSPS) is 12.5. The SMILES string of the molecule is CCCC(O)CNc1nccc(C)n1. The molecule has 0 aliphatic rings. The highest BCUT2D eigenvalue weighted by atomic mass is 16.3. The molecule has 0 saturated heterocycles. The first-order valence-electron chi connectivity index (χ1n) is 4.94. The van der Waals surface area contributed by atoms with E-state index in [1.54, 1.807) is 6.20 Å². The summed E-state index contributed by atoms with van der Waals surface area (Å²) >= 11 is 0. The molecule has 1 heterocycles. The van der Waals surface area contributed by atoms with Crippen molar-refractivity contribution in [3.05, 3.63) is 18.0 Å². The predicted molar refractivity (Wildman–Crippen MR) is 56.2 cm³/mol. The summed E-state index contributed by atoms with van der Waals surface area (Å²) in [6, 6.07) is 1.84. The molecule has 78 valence electrons. The van der Waals surface area contributed by atoms with Crippen LogP contribution in [-0.4, -0.2) is 27.7 Å². The minimum atomic E-state index is -0.316. The van der Waals surface area contributed by atoms with Crippen molar-refractivity contribution in [2.45, 2.75) is 32.8 Å². The maximum Gasteiger partial charge on any atom is 0.222 e. The third-order valence-corrected chi connectivity index (χ3v) is 1.91. The van der Waals surface area contributed by atoms with E-state index in [9.17, 15) is 5.11 Å². The number of aliphatic hydroxyl groups excluding tert-OH is 1. The maximum absolute atomic E-state index is 9.46. The van der Waals surface area contributed by atoms with Crippen molar-refractivity contribution >= 4 is 5.95 Å². The number of hydrogen-bond acceptors (Lipinski definition) is 4. The van der Waals surface area contributed by atoms with Crippen molar-refractivity contribution in [3.63, 3.8) is 0 Å². The molecule has 1 aromatic rings. The van der Waals surface area contributed by atoms with Crippen LogP contribution in [0.2, 0.25) is 0 Å². The van der Waals surface area contributed by atoms with Crippen molar-refractivity contribution in [3.8, 4) is 0 Å². The lowest BCUT2D eigenvalue weighted by Crippen LogP contribution is -2.20. The molecule has 1 unspecified atom stereocenters. The van der Waals surface area contributed by atoms with Gasteiger partial charge in [0.25, 0.3) is 0 Å². The molecule has 1 atom stereocenters. The van der Waals surface area contributed by atoms with Crippen LogP contribution in [-0.2, 0) is 0 Å². The highest BCUT2D eigenvalue weighted by molar-refractivity contribution is 5.24. The van der Waals surface area contributed by atoms with E-state index < -0.39 is 0 Å². The Morgan fingerprint density at radius 1 is 1.57 bits per heavy atom. The smallest absolute Gasteiger partial charge is 0.222 e. The van der Waals surface area contributed by atoms with Gasteiger partial charge in [-0.05, 0) is 19.4 Å². The van der Waals surface area contributed by atoms with Crippen molar-refractivity contribution in [2.24, 2.45) is 0 Å². The Labute approximate surface area is 84.4 Å². The Balaban J connectivity index is 2.37. The summed E-state index contributed by atoms with van der Waals surface area (Å²) in [5.41, 5.74) is 0.924. The van der Waals surface area contributed by atoms with Crippen LogP contribution in [0.1, 0.15) is 25.5 Å². The molecule has 4 nitrogen and oxygen atoms in total. The van der Waals surface area contributed by atoms with Gasteiger partial charge in [0.2, 0.25) is 5.95 Å². The number of aliphatic hydroxyl groups is 1. The van der Waals surface area contributed by atoms with Crippen molar-refractivity contribution in [1.29, 1.82) is 0 Å². The molecular formula is C10H17N3O. The predicted octanol–water partition coefficient (Wildman–Crippen LogP) is 1.36. The largest absolute Gasteiger partial charge is 0.391 e. The summed E-state index contributed by atoms with van der Waals surface area (Å²) in [6.45, 7) is 4.47. The van der Waals surface area contributed by atoms with Crippen LogP contribution in [0.15, 0.2) is 12.3 Å². The van der Waals surface area contributed by atoms with Crippen molar-refractivity contribution < 1.29 is 5.11 Å². The number of aromatic nitrogens is 2. The van der Waals surface area contributed by atoms with Gasteiger partial charge >= 0.3 is 0 Å². The number of nitrogens with zero attached hydrogens (tertiary/aromatic N) is 2. The van der Waals surface area contributed by atoms with Gasteiger partial charge in [0, 0.05) is 18.4 Å². The Kier molecular flexibility index (Phi) is 4.32. The fourth-order valence-corrected chi connectivity index (χ4v) is 1.18. The zero-order chi connectivity index (χ0) is 10.4. The van der Waals surface area contributed by atoms with Gasteiger partial charge in [0.15, 0.2) is 0 Å². The average Bonchev–Trinajstić information content (AvgIpc) is 2.15. The van der Waals surface area contributed by atoms with E-state index in [0.717, 1.165) is 18.5 Å². The highest BCUT2D eigenvalue weighted by Gasteiger charge is 2.02. The first-order chi connectivity index (χ1) is 6.72. The van der Waals surface area contributed by atoms with E-state index in [1.165, 1.54) is 0 Å². The third kappa shape index (κ3) is 3.70. The second-order valence-corrected chi connectivity index (χ2v) is 3.35. The first-order valence-corrected chi connectivity index (χ1v) is 4.94. The molecule has 0 aliphatic carbocycles. The van der Waals surface area contributed by atoms with Crippen molar-refractivity contribution in [2.75, 3.05) is 11.9 Å². The second kappa shape index (κ2) is 5.54. The number of rotatable bonds is 5. The summed E-state index contributed by atoms with van der Waals surface area (Å²) in [5, 5.41) is 12.5. The van der Waals surface area contributed by atoms with Crippen LogP contribution in [0, 0.1) is 6.92 Å². The van der Waals surface area contributed by atoms with Crippen molar-refractivity contribution in [1.82, 2.24) is 9.97 Å². The molecule has 0 aliphatic heterocycles. The number of hydrogen-bond donors (Lipinski definition) is 2. The summed E-state index contributed by atoms with van der Waals surface area (Å²) in [7, 11) is 0. The van der Waals surface area contributed by atoms with Gasteiger partial charge in [-0.1, -0.05) is 13.3 Å². The molecule has 14 heavy (non-hydrogen) atoms. The zero-order valence-corrected chi connectivity index (χ0v) is 8.70. The van der Waals surface area contributed by atoms with Gasteiger partial charge in [-0.15, -0.1) is 0 Å². The van der Waals surface area contributed by atoms with Gasteiger partial charge in [-0.25, -0.2) is 9.97 Å². The molecule has 4 heteroatoms. The molecule has 0 radical (unpaired) electrons. The molecule has 0 amide bonds. The minimum Gasteiger partial charge on any atom is -0.391 e. The van der Waals surface area contributed by atoms with E-state index in [-0.39, 0.29) is 6.10 Å². The summed E-state index contributed by atoms with van der Waals surface area (Å²) in [5.74, 6) is 0.583. The molecule has 0 spiro atoms. The molecule has 1 aromatic heterocycles. The second-order valence-electron chi connectivity index (χ2n) is 3.35. The Morgan fingerprint density at radius 3 is 3.00 bits per heavy atom. The highest BCUT2D eigenvalue weighted by Crippen LogP contribution is 2.01. The molecule has 2 N–H and O–H groups in total. The molecule has 0 bridgehead atoms. The third-order valence-electron chi connectivity index (χ3n) is 1.91. The fraction of sp³-hybridized carbons (Fsp3) is 0.600. The quantitative estimate of drug-likeness (QED) is 0.744. The lowest BCUT2D eigenvalue weighted by atomic mass is 10.2. The monoisotopic (exact) mass is 195 g/mol. The lowest BCUT2D eigenvalue weighted by Gasteiger charge is -2.10.